The summed E-state index contributed by atoms with van der Waals surface area (Å²) in [6, 6.07) is 5.67. The summed E-state index contributed by atoms with van der Waals surface area (Å²) in [5.74, 6) is 0. The molecule has 0 amide bonds. The van der Waals surface area contributed by atoms with Crippen LogP contribution in [0.5, 0.6) is 0 Å². The van der Waals surface area contributed by atoms with Crippen LogP contribution in [0.4, 0.5) is 11.4 Å². The first-order valence-electron chi connectivity index (χ1n) is 5.46. The molecule has 0 saturated carbocycles. The number of halogens is 1. The van der Waals surface area contributed by atoms with Gasteiger partial charge >= 0.3 is 0 Å². The minimum atomic E-state index is -0.686. The van der Waals surface area contributed by atoms with E-state index in [0.29, 0.717) is 12.2 Å². The van der Waals surface area contributed by atoms with Crippen molar-refractivity contribution in [1.82, 2.24) is 0 Å². The zero-order valence-electron chi connectivity index (χ0n) is 9.76. The summed E-state index contributed by atoms with van der Waals surface area (Å²) >= 11 is 3.35. The molecule has 1 rings (SSSR count). The average Bonchev–Trinajstić information content (AvgIpc) is 2.16. The summed E-state index contributed by atoms with van der Waals surface area (Å²) in [5, 5.41) is 13.2. The predicted molar refractivity (Wildman–Crippen MR) is 72.6 cm³/mol. The molecule has 1 atom stereocenters. The number of hydrogen-bond acceptors (Lipinski definition) is 3. The maximum atomic E-state index is 10.0. The number of nitrogens with one attached hydrogen (secondary N) is 1. The Morgan fingerprint density at radius 2 is 2.19 bits per heavy atom. The lowest BCUT2D eigenvalue weighted by atomic mass is 10.0. The highest BCUT2D eigenvalue weighted by molar-refractivity contribution is 9.10. The number of nitrogen functional groups attached to an aromatic ring is 1. The van der Waals surface area contributed by atoms with Crippen molar-refractivity contribution < 1.29 is 5.11 Å². The van der Waals surface area contributed by atoms with Gasteiger partial charge in [-0.2, -0.15) is 0 Å². The van der Waals surface area contributed by atoms with Gasteiger partial charge in [-0.05, 0) is 31.5 Å². The van der Waals surface area contributed by atoms with Crippen LogP contribution in [0.2, 0.25) is 0 Å². The van der Waals surface area contributed by atoms with E-state index in [2.05, 4.69) is 28.2 Å². The SMILES string of the molecule is CCCC(C)(O)CNc1ccc(Br)cc1N. The van der Waals surface area contributed by atoms with Gasteiger partial charge < -0.3 is 16.2 Å². The first-order chi connectivity index (χ1) is 7.44. The molecule has 0 spiro atoms. The first-order valence-corrected chi connectivity index (χ1v) is 6.25. The molecule has 0 saturated heterocycles. The van der Waals surface area contributed by atoms with Crippen molar-refractivity contribution >= 4 is 27.3 Å². The molecule has 1 aromatic carbocycles. The van der Waals surface area contributed by atoms with Crippen LogP contribution in [-0.4, -0.2) is 17.3 Å². The highest BCUT2D eigenvalue weighted by Crippen LogP contribution is 2.24. The van der Waals surface area contributed by atoms with Crippen molar-refractivity contribution in [2.45, 2.75) is 32.3 Å². The first kappa shape index (κ1) is 13.3. The van der Waals surface area contributed by atoms with Crippen LogP contribution >= 0.6 is 15.9 Å². The molecular formula is C12H19BrN2O. The van der Waals surface area contributed by atoms with Gasteiger partial charge in [-0.15, -0.1) is 0 Å². The average molecular weight is 287 g/mol. The predicted octanol–water partition coefficient (Wildman–Crippen LogP) is 2.99. The molecule has 0 fully saturated rings. The maximum Gasteiger partial charge on any atom is 0.0791 e. The van der Waals surface area contributed by atoms with Gasteiger partial charge in [0.2, 0.25) is 0 Å². The lowest BCUT2D eigenvalue weighted by Gasteiger charge is -2.24. The van der Waals surface area contributed by atoms with Gasteiger partial charge in [-0.1, -0.05) is 29.3 Å². The van der Waals surface area contributed by atoms with E-state index in [-0.39, 0.29) is 0 Å². The Kier molecular flexibility index (Phi) is 4.62. The second-order valence-electron chi connectivity index (χ2n) is 4.33. The third kappa shape index (κ3) is 4.02. The van der Waals surface area contributed by atoms with Crippen molar-refractivity contribution in [2.24, 2.45) is 0 Å². The molecule has 4 heteroatoms. The summed E-state index contributed by atoms with van der Waals surface area (Å²) in [6.07, 6.45) is 1.74. The smallest absolute Gasteiger partial charge is 0.0791 e. The highest BCUT2D eigenvalue weighted by atomic mass is 79.9. The Hall–Kier alpha value is -0.740. The van der Waals surface area contributed by atoms with Gasteiger partial charge in [-0.3, -0.25) is 0 Å². The fraction of sp³-hybridized carbons (Fsp3) is 0.500. The van der Waals surface area contributed by atoms with Crippen molar-refractivity contribution in [1.29, 1.82) is 0 Å². The van der Waals surface area contributed by atoms with Crippen LogP contribution in [0.1, 0.15) is 26.7 Å². The summed E-state index contributed by atoms with van der Waals surface area (Å²) in [4.78, 5) is 0. The van der Waals surface area contributed by atoms with E-state index >= 15 is 0 Å². The molecular weight excluding hydrogens is 268 g/mol. The molecule has 0 radical (unpaired) electrons. The third-order valence-corrected chi connectivity index (χ3v) is 2.96. The number of aliphatic hydroxyl groups is 1. The van der Waals surface area contributed by atoms with E-state index in [1.54, 1.807) is 0 Å². The molecule has 90 valence electrons. The Morgan fingerprint density at radius 1 is 1.50 bits per heavy atom. The Labute approximate surface area is 105 Å². The van der Waals surface area contributed by atoms with E-state index in [9.17, 15) is 5.11 Å². The number of benzene rings is 1. The van der Waals surface area contributed by atoms with Gasteiger partial charge in [0.05, 0.1) is 17.0 Å². The fourth-order valence-electron chi connectivity index (χ4n) is 1.61. The van der Waals surface area contributed by atoms with Crippen LogP contribution in [0.3, 0.4) is 0 Å². The molecule has 16 heavy (non-hydrogen) atoms. The zero-order chi connectivity index (χ0) is 12.2. The van der Waals surface area contributed by atoms with Crippen LogP contribution < -0.4 is 11.1 Å². The number of rotatable bonds is 5. The number of nitrogens with two attached hydrogens (primary N) is 1. The van der Waals surface area contributed by atoms with Gasteiger partial charge in [0.25, 0.3) is 0 Å². The van der Waals surface area contributed by atoms with Crippen LogP contribution in [0, 0.1) is 0 Å². The normalized spacial score (nSPS) is 14.5. The monoisotopic (exact) mass is 286 g/mol. The molecule has 3 nitrogen and oxygen atoms in total. The van der Waals surface area contributed by atoms with Gasteiger partial charge in [-0.25, -0.2) is 0 Å². The fourth-order valence-corrected chi connectivity index (χ4v) is 1.99. The van der Waals surface area contributed by atoms with Crippen molar-refractivity contribution in [3.05, 3.63) is 22.7 Å². The Bertz CT molecular complexity index is 353. The Balaban J connectivity index is 2.61. The van der Waals surface area contributed by atoms with E-state index in [1.165, 1.54) is 0 Å². The molecule has 0 aliphatic carbocycles. The number of hydrogen-bond donors (Lipinski definition) is 3. The van der Waals surface area contributed by atoms with Gasteiger partial charge in [0.15, 0.2) is 0 Å². The lowest BCUT2D eigenvalue weighted by Crippen LogP contribution is -2.33. The maximum absolute atomic E-state index is 10.0. The second-order valence-corrected chi connectivity index (χ2v) is 5.25. The highest BCUT2D eigenvalue weighted by Gasteiger charge is 2.18. The summed E-state index contributed by atoms with van der Waals surface area (Å²) in [5.41, 5.74) is 6.71. The molecule has 0 aliphatic heterocycles. The standard InChI is InChI=1S/C12H19BrN2O/c1-3-6-12(2,16)8-15-11-5-4-9(13)7-10(11)14/h4-5,7,15-16H,3,6,8,14H2,1-2H3. The van der Waals surface area contributed by atoms with Crippen molar-refractivity contribution in [3.8, 4) is 0 Å². The molecule has 1 unspecified atom stereocenters. The van der Waals surface area contributed by atoms with E-state index < -0.39 is 5.60 Å². The van der Waals surface area contributed by atoms with Crippen LogP contribution in [0.15, 0.2) is 22.7 Å². The quantitative estimate of drug-likeness (QED) is 0.730. The molecule has 0 aliphatic rings. The molecule has 0 bridgehead atoms. The van der Waals surface area contributed by atoms with Gasteiger partial charge in [0, 0.05) is 11.0 Å². The molecule has 4 N–H and O–H groups in total. The van der Waals surface area contributed by atoms with E-state index in [0.717, 1.165) is 23.0 Å². The molecule has 1 aromatic rings. The van der Waals surface area contributed by atoms with E-state index in [4.69, 9.17) is 5.73 Å². The van der Waals surface area contributed by atoms with Gasteiger partial charge in [0.1, 0.15) is 0 Å². The topological polar surface area (TPSA) is 58.3 Å². The summed E-state index contributed by atoms with van der Waals surface area (Å²) in [6.45, 7) is 4.40. The second kappa shape index (κ2) is 5.55. The van der Waals surface area contributed by atoms with Crippen LogP contribution in [0.25, 0.3) is 0 Å². The lowest BCUT2D eigenvalue weighted by molar-refractivity contribution is 0.0637. The van der Waals surface area contributed by atoms with Crippen LogP contribution in [-0.2, 0) is 0 Å². The van der Waals surface area contributed by atoms with E-state index in [1.807, 2.05) is 25.1 Å². The molecule has 0 aromatic heterocycles. The minimum absolute atomic E-state index is 0.507. The van der Waals surface area contributed by atoms with Crippen molar-refractivity contribution in [2.75, 3.05) is 17.6 Å². The largest absolute Gasteiger partial charge is 0.397 e. The zero-order valence-corrected chi connectivity index (χ0v) is 11.3. The molecule has 0 heterocycles. The minimum Gasteiger partial charge on any atom is -0.397 e. The van der Waals surface area contributed by atoms with Crippen molar-refractivity contribution in [3.63, 3.8) is 0 Å². The Morgan fingerprint density at radius 3 is 2.75 bits per heavy atom. The summed E-state index contributed by atoms with van der Waals surface area (Å²) in [7, 11) is 0. The third-order valence-electron chi connectivity index (χ3n) is 2.46. The summed E-state index contributed by atoms with van der Waals surface area (Å²) < 4.78 is 0.955. The number of anilines is 2.